The Bertz CT molecular complexity index is 1120. The summed E-state index contributed by atoms with van der Waals surface area (Å²) in [6.07, 6.45) is 2.85. The van der Waals surface area contributed by atoms with Crippen molar-refractivity contribution in [1.82, 2.24) is 23.8 Å². The molecule has 1 aromatic carbocycles. The molecule has 3 aromatic rings. The number of hydrogen-bond acceptors (Lipinski definition) is 7. The van der Waals surface area contributed by atoms with Crippen LogP contribution >= 0.6 is 0 Å². The number of ether oxygens (including phenoxy) is 1. The van der Waals surface area contributed by atoms with Gasteiger partial charge in [0.1, 0.15) is 12.4 Å². The number of hydrogen-bond donors (Lipinski definition) is 0. The van der Waals surface area contributed by atoms with Gasteiger partial charge in [-0.2, -0.15) is 0 Å². The molecule has 0 amide bonds. The average Bonchev–Trinajstić information content (AvgIpc) is 3.03. The van der Waals surface area contributed by atoms with E-state index in [4.69, 9.17) is 4.74 Å². The Balaban J connectivity index is 1.88. The summed E-state index contributed by atoms with van der Waals surface area (Å²) >= 11 is 0. The maximum Gasteiger partial charge on any atom is 0.358 e. The van der Waals surface area contributed by atoms with Gasteiger partial charge in [-0.1, -0.05) is 0 Å². The molecule has 148 valence electrons. The third-order valence-corrected chi connectivity index (χ3v) is 6.03. The molecule has 0 spiro atoms. The molecule has 0 radical (unpaired) electrons. The highest BCUT2D eigenvalue weighted by molar-refractivity contribution is 7.89. The van der Waals surface area contributed by atoms with Gasteiger partial charge in [0, 0.05) is 26.8 Å². The van der Waals surface area contributed by atoms with Crippen LogP contribution < -0.4 is 0 Å². The number of rotatable bonds is 6. The van der Waals surface area contributed by atoms with Gasteiger partial charge in [0.25, 0.3) is 0 Å². The molecule has 28 heavy (non-hydrogen) atoms. The average molecular weight is 403 g/mol. The Kier molecular flexibility index (Phi) is 5.43. The summed E-state index contributed by atoms with van der Waals surface area (Å²) in [5.41, 5.74) is 2.10. The van der Waals surface area contributed by atoms with Crippen molar-refractivity contribution in [3.8, 4) is 0 Å². The zero-order valence-corrected chi connectivity index (χ0v) is 16.9. The molecule has 0 N–H and O–H groups in total. The van der Waals surface area contributed by atoms with Crippen molar-refractivity contribution in [2.24, 2.45) is 0 Å². The molecule has 0 aliphatic carbocycles. The Labute approximate surface area is 163 Å². The minimum absolute atomic E-state index is 0.0628. The molecule has 9 nitrogen and oxygen atoms in total. The van der Waals surface area contributed by atoms with Gasteiger partial charge in [-0.05, 0) is 32.0 Å². The fraction of sp³-hybridized carbons (Fsp3) is 0.333. The minimum atomic E-state index is -3.56. The summed E-state index contributed by atoms with van der Waals surface area (Å²) in [5.74, 6) is -0.0802. The fourth-order valence-corrected chi connectivity index (χ4v) is 3.62. The van der Waals surface area contributed by atoms with Crippen LogP contribution in [0.4, 0.5) is 0 Å². The van der Waals surface area contributed by atoms with E-state index in [2.05, 4.69) is 15.0 Å². The van der Waals surface area contributed by atoms with E-state index in [0.29, 0.717) is 23.6 Å². The van der Waals surface area contributed by atoms with E-state index < -0.39 is 16.0 Å². The first-order valence-corrected chi connectivity index (χ1v) is 10.1. The monoisotopic (exact) mass is 403 g/mol. The SMILES string of the molecule is CCn1c(COC(=O)c2cnc(C)cn2)nc2cc(S(=O)(=O)N(C)C)ccc21. The zero-order valence-electron chi connectivity index (χ0n) is 16.1. The van der Waals surface area contributed by atoms with Crippen molar-refractivity contribution in [2.45, 2.75) is 31.9 Å². The first-order valence-electron chi connectivity index (χ1n) is 8.61. The van der Waals surface area contributed by atoms with E-state index in [9.17, 15) is 13.2 Å². The lowest BCUT2D eigenvalue weighted by Gasteiger charge is -2.11. The molecule has 0 aliphatic heterocycles. The molecule has 3 rings (SSSR count). The van der Waals surface area contributed by atoms with Crippen LogP contribution in [0.3, 0.4) is 0 Å². The molecular formula is C18H21N5O4S. The summed E-state index contributed by atoms with van der Waals surface area (Å²) < 4.78 is 33.0. The van der Waals surface area contributed by atoms with Crippen molar-refractivity contribution in [1.29, 1.82) is 0 Å². The lowest BCUT2D eigenvalue weighted by molar-refractivity contribution is 0.0451. The second-order valence-corrected chi connectivity index (χ2v) is 8.48. The van der Waals surface area contributed by atoms with Crippen molar-refractivity contribution >= 4 is 27.0 Å². The summed E-state index contributed by atoms with van der Waals surface area (Å²) in [6, 6.07) is 4.77. The van der Waals surface area contributed by atoms with E-state index in [1.54, 1.807) is 19.1 Å². The standard InChI is InChI=1S/C18H21N5O4S/c1-5-23-16-7-6-13(28(25,26)22(3)4)8-14(16)21-17(23)11-27-18(24)15-10-19-12(2)9-20-15/h6-10H,5,11H2,1-4H3. The van der Waals surface area contributed by atoms with E-state index >= 15 is 0 Å². The normalized spacial score (nSPS) is 11.9. The minimum Gasteiger partial charge on any atom is -0.453 e. The van der Waals surface area contributed by atoms with Crippen LogP contribution in [0.25, 0.3) is 11.0 Å². The molecule has 0 saturated carbocycles. The summed E-state index contributed by atoms with van der Waals surface area (Å²) in [7, 11) is -0.610. The van der Waals surface area contributed by atoms with Crippen LogP contribution in [0.5, 0.6) is 0 Å². The van der Waals surface area contributed by atoms with E-state index in [1.807, 2.05) is 11.5 Å². The van der Waals surface area contributed by atoms with Gasteiger partial charge in [0.15, 0.2) is 5.69 Å². The van der Waals surface area contributed by atoms with Crippen LogP contribution in [-0.2, 0) is 27.9 Å². The third kappa shape index (κ3) is 3.73. The van der Waals surface area contributed by atoms with E-state index in [1.165, 1.54) is 32.6 Å². The van der Waals surface area contributed by atoms with Crippen LogP contribution in [0.15, 0.2) is 35.5 Å². The van der Waals surface area contributed by atoms with E-state index in [0.717, 1.165) is 9.82 Å². The van der Waals surface area contributed by atoms with Crippen molar-refractivity contribution in [2.75, 3.05) is 14.1 Å². The van der Waals surface area contributed by atoms with E-state index in [-0.39, 0.29) is 17.2 Å². The zero-order chi connectivity index (χ0) is 20.5. The summed E-state index contributed by atoms with van der Waals surface area (Å²) in [6.45, 7) is 4.24. The Morgan fingerprint density at radius 1 is 1.21 bits per heavy atom. The van der Waals surface area contributed by atoms with Gasteiger partial charge >= 0.3 is 5.97 Å². The van der Waals surface area contributed by atoms with Crippen LogP contribution in [0.1, 0.15) is 28.9 Å². The highest BCUT2D eigenvalue weighted by Gasteiger charge is 2.20. The number of benzene rings is 1. The number of carbonyl (C=O) groups is 1. The third-order valence-electron chi connectivity index (χ3n) is 4.22. The number of esters is 1. The number of carbonyl (C=O) groups excluding carboxylic acids is 1. The second-order valence-electron chi connectivity index (χ2n) is 6.33. The Hall–Kier alpha value is -2.85. The van der Waals surface area contributed by atoms with Crippen LogP contribution in [0.2, 0.25) is 0 Å². The van der Waals surface area contributed by atoms with Gasteiger partial charge < -0.3 is 9.30 Å². The van der Waals surface area contributed by atoms with Crippen molar-refractivity contribution < 1.29 is 17.9 Å². The number of nitrogens with zero attached hydrogens (tertiary/aromatic N) is 5. The molecule has 0 saturated heterocycles. The predicted octanol–water partition coefficient (Wildman–Crippen LogP) is 1.76. The first kappa shape index (κ1) is 19.9. The maximum absolute atomic E-state index is 12.3. The lowest BCUT2D eigenvalue weighted by Crippen LogP contribution is -2.22. The summed E-state index contributed by atoms with van der Waals surface area (Å²) in [4.78, 5) is 24.8. The van der Waals surface area contributed by atoms with Gasteiger partial charge in [-0.15, -0.1) is 0 Å². The largest absolute Gasteiger partial charge is 0.453 e. The Morgan fingerprint density at radius 3 is 2.57 bits per heavy atom. The van der Waals surface area contributed by atoms with Gasteiger partial charge in [0.2, 0.25) is 10.0 Å². The number of aryl methyl sites for hydroxylation is 2. The van der Waals surface area contributed by atoms with Crippen molar-refractivity contribution in [3.63, 3.8) is 0 Å². The smallest absolute Gasteiger partial charge is 0.358 e. The summed E-state index contributed by atoms with van der Waals surface area (Å²) in [5, 5.41) is 0. The molecule has 0 bridgehead atoms. The van der Waals surface area contributed by atoms with Crippen molar-refractivity contribution in [3.05, 3.63) is 47.8 Å². The molecule has 0 aliphatic rings. The maximum atomic E-state index is 12.3. The molecule has 0 fully saturated rings. The molecule has 0 unspecified atom stereocenters. The first-order chi connectivity index (χ1) is 13.2. The molecular weight excluding hydrogens is 382 g/mol. The topological polar surface area (TPSA) is 107 Å². The number of fused-ring (bicyclic) bond motifs is 1. The Morgan fingerprint density at radius 2 is 1.96 bits per heavy atom. The van der Waals surface area contributed by atoms with Gasteiger partial charge in [0.05, 0.1) is 27.8 Å². The molecule has 10 heteroatoms. The van der Waals surface area contributed by atoms with Gasteiger partial charge in [-0.3, -0.25) is 4.98 Å². The van der Waals surface area contributed by atoms with Crippen LogP contribution in [0, 0.1) is 6.92 Å². The highest BCUT2D eigenvalue weighted by Crippen LogP contribution is 2.22. The van der Waals surface area contributed by atoms with Gasteiger partial charge in [-0.25, -0.2) is 27.5 Å². The van der Waals surface area contributed by atoms with Crippen LogP contribution in [-0.4, -0.2) is 52.3 Å². The predicted molar refractivity (Wildman–Crippen MR) is 102 cm³/mol. The second kappa shape index (κ2) is 7.64. The number of sulfonamides is 1. The fourth-order valence-electron chi connectivity index (χ4n) is 2.70. The quantitative estimate of drug-likeness (QED) is 0.577. The molecule has 2 aromatic heterocycles. The number of aromatic nitrogens is 4. The highest BCUT2D eigenvalue weighted by atomic mass is 32.2. The lowest BCUT2D eigenvalue weighted by atomic mass is 10.3. The molecule has 2 heterocycles. The molecule has 0 atom stereocenters. The number of imidazole rings is 1.